The number of halogens is 1. The van der Waals surface area contributed by atoms with Crippen LogP contribution in [-0.2, 0) is 19.4 Å². The number of aryl methyl sites for hydroxylation is 3. The summed E-state index contributed by atoms with van der Waals surface area (Å²) >= 11 is 5.86. The fourth-order valence-electron chi connectivity index (χ4n) is 2.13. The number of hydrogen-bond acceptors (Lipinski definition) is 5. The van der Waals surface area contributed by atoms with Gasteiger partial charge in [0.2, 0.25) is 5.89 Å². The smallest absolute Gasteiger partial charge is 0.267 e. The fourth-order valence-corrected chi connectivity index (χ4v) is 2.26. The van der Waals surface area contributed by atoms with Gasteiger partial charge >= 0.3 is 0 Å². The van der Waals surface area contributed by atoms with Crippen LogP contribution >= 0.6 is 11.6 Å². The second kappa shape index (κ2) is 9.13. The van der Waals surface area contributed by atoms with Crippen LogP contribution in [0.5, 0.6) is 0 Å². The van der Waals surface area contributed by atoms with E-state index < -0.39 is 0 Å². The van der Waals surface area contributed by atoms with Gasteiger partial charge in [0.15, 0.2) is 5.82 Å². The van der Waals surface area contributed by atoms with E-state index in [2.05, 4.69) is 15.2 Å². The normalized spacial score (nSPS) is 10.2. The Bertz CT molecular complexity index is 856. The Morgan fingerprint density at radius 3 is 2.56 bits per heavy atom. The molecule has 2 aromatic heterocycles. The molecule has 7 heteroatoms. The molecule has 3 rings (SSSR count). The van der Waals surface area contributed by atoms with Crippen LogP contribution in [0.25, 0.3) is 0 Å². The molecule has 0 amide bonds. The zero-order valence-corrected chi connectivity index (χ0v) is 15.3. The molecule has 0 spiro atoms. The van der Waals surface area contributed by atoms with Gasteiger partial charge in [0.05, 0.1) is 6.20 Å². The van der Waals surface area contributed by atoms with Gasteiger partial charge in [-0.2, -0.15) is 10.1 Å². The summed E-state index contributed by atoms with van der Waals surface area (Å²) in [5.74, 6) is 0.977. The lowest BCUT2D eigenvalue weighted by atomic mass is 10.1. The Morgan fingerprint density at radius 2 is 1.88 bits per heavy atom. The Labute approximate surface area is 151 Å². The van der Waals surface area contributed by atoms with Crippen molar-refractivity contribution in [3.63, 3.8) is 0 Å². The molecule has 0 saturated heterocycles. The maximum Gasteiger partial charge on any atom is 0.267 e. The fraction of sp³-hybridized carbons (Fsp3) is 0.333. The molecular formula is C18H21ClN4O2. The first kappa shape index (κ1) is 18.9. The van der Waals surface area contributed by atoms with Crippen LogP contribution in [0, 0.1) is 6.92 Å². The topological polar surface area (TPSA) is 73.8 Å². The van der Waals surface area contributed by atoms with E-state index >= 15 is 0 Å². The average Bonchev–Trinajstić information content (AvgIpc) is 3.06. The highest BCUT2D eigenvalue weighted by molar-refractivity contribution is 6.30. The summed E-state index contributed by atoms with van der Waals surface area (Å²) in [6.07, 6.45) is 3.07. The molecule has 25 heavy (non-hydrogen) atoms. The van der Waals surface area contributed by atoms with E-state index in [4.69, 9.17) is 16.1 Å². The van der Waals surface area contributed by atoms with E-state index in [1.807, 2.05) is 45.0 Å². The maximum atomic E-state index is 11.8. The average molecular weight is 361 g/mol. The van der Waals surface area contributed by atoms with Crippen molar-refractivity contribution in [2.24, 2.45) is 0 Å². The van der Waals surface area contributed by atoms with Gasteiger partial charge in [0.25, 0.3) is 5.56 Å². The first-order chi connectivity index (χ1) is 12.1. The van der Waals surface area contributed by atoms with Crippen molar-refractivity contribution < 1.29 is 4.52 Å². The molecule has 2 heterocycles. The van der Waals surface area contributed by atoms with E-state index in [1.165, 1.54) is 10.7 Å². The minimum atomic E-state index is -0.189. The molecule has 0 fully saturated rings. The van der Waals surface area contributed by atoms with Gasteiger partial charge in [-0.3, -0.25) is 4.79 Å². The van der Waals surface area contributed by atoms with Gasteiger partial charge in [0.1, 0.15) is 6.54 Å². The van der Waals surface area contributed by atoms with Gasteiger partial charge in [-0.1, -0.05) is 42.7 Å². The summed E-state index contributed by atoms with van der Waals surface area (Å²) in [6.45, 7) is 5.99. The lowest BCUT2D eigenvalue weighted by Crippen LogP contribution is -2.22. The third kappa shape index (κ3) is 5.53. The second-order valence-corrected chi connectivity index (χ2v) is 5.70. The first-order valence-electron chi connectivity index (χ1n) is 8.20. The van der Waals surface area contributed by atoms with Crippen LogP contribution in [0.2, 0.25) is 5.02 Å². The van der Waals surface area contributed by atoms with E-state index in [1.54, 1.807) is 6.20 Å². The summed E-state index contributed by atoms with van der Waals surface area (Å²) < 4.78 is 6.47. The van der Waals surface area contributed by atoms with Gasteiger partial charge in [0, 0.05) is 17.5 Å². The Kier molecular flexibility index (Phi) is 6.89. The molecule has 3 aromatic rings. The number of nitrogens with zero attached hydrogens (tertiary/aromatic N) is 4. The summed E-state index contributed by atoms with van der Waals surface area (Å²) in [5, 5.41) is 8.70. The molecule has 0 unspecified atom stereocenters. The van der Waals surface area contributed by atoms with Crippen molar-refractivity contribution >= 4 is 11.6 Å². The molecule has 0 saturated carbocycles. The lowest BCUT2D eigenvalue weighted by Gasteiger charge is -2.00. The molecule has 132 valence electrons. The SMILES string of the molecule is CC.Cc1cnn(Cc2nc(CCc3ccc(Cl)cc3)no2)c(=O)c1. The van der Waals surface area contributed by atoms with Crippen LogP contribution in [-0.4, -0.2) is 19.9 Å². The van der Waals surface area contributed by atoms with Crippen LogP contribution in [0.4, 0.5) is 0 Å². The quantitative estimate of drug-likeness (QED) is 0.696. The van der Waals surface area contributed by atoms with Crippen LogP contribution in [0.3, 0.4) is 0 Å². The second-order valence-electron chi connectivity index (χ2n) is 5.26. The number of aromatic nitrogens is 4. The molecule has 0 aliphatic heterocycles. The van der Waals surface area contributed by atoms with Gasteiger partial charge in [-0.05, 0) is 36.6 Å². The first-order valence-corrected chi connectivity index (χ1v) is 8.57. The molecular weight excluding hydrogens is 340 g/mol. The molecule has 6 nitrogen and oxygen atoms in total. The third-order valence-electron chi connectivity index (χ3n) is 3.35. The molecule has 0 atom stereocenters. The zero-order chi connectivity index (χ0) is 18.2. The minimum absolute atomic E-state index is 0.174. The Morgan fingerprint density at radius 1 is 1.16 bits per heavy atom. The van der Waals surface area contributed by atoms with Gasteiger partial charge < -0.3 is 4.52 Å². The highest BCUT2D eigenvalue weighted by atomic mass is 35.5. The van der Waals surface area contributed by atoms with Crippen LogP contribution in [0.15, 0.2) is 45.8 Å². The van der Waals surface area contributed by atoms with Crippen molar-refractivity contribution in [3.8, 4) is 0 Å². The predicted octanol–water partition coefficient (Wildman–Crippen LogP) is 3.45. The maximum absolute atomic E-state index is 11.8. The van der Waals surface area contributed by atoms with Gasteiger partial charge in [-0.15, -0.1) is 0 Å². The summed E-state index contributed by atoms with van der Waals surface area (Å²) in [7, 11) is 0. The van der Waals surface area contributed by atoms with Gasteiger partial charge in [-0.25, -0.2) is 4.68 Å². The van der Waals surface area contributed by atoms with E-state index in [0.717, 1.165) is 17.5 Å². The highest BCUT2D eigenvalue weighted by Gasteiger charge is 2.09. The van der Waals surface area contributed by atoms with Crippen molar-refractivity contribution in [1.29, 1.82) is 0 Å². The monoisotopic (exact) mass is 360 g/mol. The summed E-state index contributed by atoms with van der Waals surface area (Å²) in [4.78, 5) is 16.1. The largest absolute Gasteiger partial charge is 0.337 e. The summed E-state index contributed by atoms with van der Waals surface area (Å²) in [5.41, 5.74) is 1.78. The number of hydrogen-bond donors (Lipinski definition) is 0. The van der Waals surface area contributed by atoms with Crippen LogP contribution in [0.1, 0.15) is 36.7 Å². The van der Waals surface area contributed by atoms with Crippen molar-refractivity contribution in [2.45, 2.75) is 40.2 Å². The van der Waals surface area contributed by atoms with E-state index in [9.17, 15) is 4.79 Å². The Hall–Kier alpha value is -2.47. The molecule has 0 aliphatic rings. The van der Waals surface area contributed by atoms with Crippen molar-refractivity contribution in [3.05, 3.63) is 74.7 Å². The molecule has 0 bridgehead atoms. The zero-order valence-electron chi connectivity index (χ0n) is 14.6. The predicted molar refractivity (Wildman–Crippen MR) is 96.8 cm³/mol. The molecule has 1 aromatic carbocycles. The lowest BCUT2D eigenvalue weighted by molar-refractivity contribution is 0.358. The number of rotatable bonds is 5. The summed E-state index contributed by atoms with van der Waals surface area (Å²) in [6, 6.07) is 9.17. The van der Waals surface area contributed by atoms with Crippen LogP contribution < -0.4 is 5.56 Å². The highest BCUT2D eigenvalue weighted by Crippen LogP contribution is 2.11. The van der Waals surface area contributed by atoms with E-state index in [0.29, 0.717) is 23.2 Å². The standard InChI is InChI=1S/C16H15ClN4O2.C2H6/c1-11-8-16(22)21(18-9-11)10-15-19-14(20-23-15)7-4-12-2-5-13(17)6-3-12;1-2/h2-3,5-6,8-9H,4,7,10H2,1H3;1-2H3. The molecule has 0 radical (unpaired) electrons. The Balaban J connectivity index is 0.00000109. The van der Waals surface area contributed by atoms with Crippen molar-refractivity contribution in [2.75, 3.05) is 0 Å². The number of benzene rings is 1. The third-order valence-corrected chi connectivity index (χ3v) is 3.60. The van der Waals surface area contributed by atoms with E-state index in [-0.39, 0.29) is 12.1 Å². The molecule has 0 aliphatic carbocycles. The molecule has 0 N–H and O–H groups in total. The van der Waals surface area contributed by atoms with Crippen molar-refractivity contribution in [1.82, 2.24) is 19.9 Å². The minimum Gasteiger partial charge on any atom is -0.337 e.